The summed E-state index contributed by atoms with van der Waals surface area (Å²) < 4.78 is 5.95. The lowest BCUT2D eigenvalue weighted by molar-refractivity contribution is -0.144. The van der Waals surface area contributed by atoms with E-state index in [-0.39, 0.29) is 36.7 Å². The van der Waals surface area contributed by atoms with Crippen LogP contribution in [0.3, 0.4) is 0 Å². The molecule has 0 saturated heterocycles. The van der Waals surface area contributed by atoms with E-state index in [2.05, 4.69) is 28.1 Å². The van der Waals surface area contributed by atoms with Crippen molar-refractivity contribution < 1.29 is 19.1 Å². The highest BCUT2D eigenvalue weighted by Crippen LogP contribution is 2.31. The summed E-state index contributed by atoms with van der Waals surface area (Å²) in [6.45, 7) is 0.816. The van der Waals surface area contributed by atoms with Gasteiger partial charge in [-0.25, -0.2) is 0 Å². The fourth-order valence-electron chi connectivity index (χ4n) is 6.67. The second-order valence-corrected chi connectivity index (χ2v) is 12.4. The Morgan fingerprint density at radius 2 is 1.53 bits per heavy atom. The fraction of sp³-hybridized carbons (Fsp3) is 0.308. The predicted octanol–water partition coefficient (Wildman–Crippen LogP) is 4.66. The summed E-state index contributed by atoms with van der Waals surface area (Å²) in [7, 11) is 1.69. The molecule has 47 heavy (non-hydrogen) atoms. The molecule has 1 aliphatic heterocycles. The van der Waals surface area contributed by atoms with Gasteiger partial charge < -0.3 is 25.6 Å². The van der Waals surface area contributed by atoms with Crippen LogP contribution in [0.1, 0.15) is 52.3 Å². The third-order valence-corrected chi connectivity index (χ3v) is 9.10. The van der Waals surface area contributed by atoms with Gasteiger partial charge >= 0.3 is 0 Å². The molecule has 4 aromatic carbocycles. The number of hydrogen-bond acceptors (Lipinski definition) is 5. The number of nitrogens with zero attached hydrogens (tertiary/aromatic N) is 1. The van der Waals surface area contributed by atoms with Crippen LogP contribution < -0.4 is 20.7 Å². The summed E-state index contributed by atoms with van der Waals surface area (Å²) in [6, 6.07) is 32.1. The Morgan fingerprint density at radius 1 is 0.830 bits per heavy atom. The zero-order valence-corrected chi connectivity index (χ0v) is 26.8. The minimum absolute atomic E-state index is 0.0733. The quantitative estimate of drug-likeness (QED) is 0.224. The van der Waals surface area contributed by atoms with Crippen molar-refractivity contribution in [2.24, 2.45) is 0 Å². The maximum Gasteiger partial charge on any atom is 0.246 e. The first-order valence-electron chi connectivity index (χ1n) is 16.4. The van der Waals surface area contributed by atoms with E-state index in [4.69, 9.17) is 4.74 Å². The van der Waals surface area contributed by atoms with Crippen molar-refractivity contribution in [3.05, 3.63) is 137 Å². The maximum absolute atomic E-state index is 14.5. The van der Waals surface area contributed by atoms with E-state index < -0.39 is 12.1 Å². The SMILES string of the molecule is CNCC(=O)NC(Cc1ccc(OCc2ccccc2)cc1)C(=O)N1Cc2ccccc2CC1C(=O)N[C@@H]1CCCc2ccccc21. The molecular weight excluding hydrogens is 588 g/mol. The molecule has 3 atom stereocenters. The number of nitrogens with one attached hydrogen (secondary N) is 3. The summed E-state index contributed by atoms with van der Waals surface area (Å²) in [4.78, 5) is 43.1. The molecule has 6 rings (SSSR count). The summed E-state index contributed by atoms with van der Waals surface area (Å²) in [5.41, 5.74) is 6.42. The van der Waals surface area contributed by atoms with Crippen LogP contribution in [-0.2, 0) is 46.8 Å². The Bertz CT molecular complexity index is 1690. The summed E-state index contributed by atoms with van der Waals surface area (Å²) in [6.07, 6.45) is 3.53. The molecule has 0 bridgehead atoms. The molecule has 0 fully saturated rings. The second kappa shape index (κ2) is 15.1. The lowest BCUT2D eigenvalue weighted by Crippen LogP contribution is -2.59. The minimum Gasteiger partial charge on any atom is -0.489 e. The number of rotatable bonds is 11. The van der Waals surface area contributed by atoms with Gasteiger partial charge in [0.25, 0.3) is 0 Å². The number of amides is 3. The van der Waals surface area contributed by atoms with Gasteiger partial charge in [0.05, 0.1) is 12.6 Å². The highest BCUT2D eigenvalue weighted by Gasteiger charge is 2.39. The van der Waals surface area contributed by atoms with E-state index in [1.807, 2.05) is 91.0 Å². The minimum atomic E-state index is -0.858. The van der Waals surface area contributed by atoms with E-state index in [0.29, 0.717) is 25.3 Å². The molecule has 3 amide bonds. The van der Waals surface area contributed by atoms with Gasteiger partial charge in [0.2, 0.25) is 17.7 Å². The average Bonchev–Trinajstić information content (AvgIpc) is 3.11. The predicted molar refractivity (Wildman–Crippen MR) is 182 cm³/mol. The maximum atomic E-state index is 14.5. The monoisotopic (exact) mass is 630 g/mol. The van der Waals surface area contributed by atoms with Crippen LogP contribution in [0.2, 0.25) is 0 Å². The van der Waals surface area contributed by atoms with Gasteiger partial charge in [-0.05, 0) is 71.8 Å². The van der Waals surface area contributed by atoms with Crippen molar-refractivity contribution >= 4 is 17.7 Å². The van der Waals surface area contributed by atoms with Crippen molar-refractivity contribution in [3.8, 4) is 5.75 Å². The molecule has 1 heterocycles. The lowest BCUT2D eigenvalue weighted by Gasteiger charge is -2.39. The van der Waals surface area contributed by atoms with Crippen molar-refractivity contribution in [1.29, 1.82) is 0 Å². The molecule has 3 N–H and O–H groups in total. The second-order valence-electron chi connectivity index (χ2n) is 12.4. The first-order chi connectivity index (χ1) is 23.0. The highest BCUT2D eigenvalue weighted by atomic mass is 16.5. The van der Waals surface area contributed by atoms with Gasteiger partial charge in [-0.1, -0.05) is 91.0 Å². The molecule has 0 spiro atoms. The number of carbonyl (C=O) groups is 3. The number of aryl methyl sites for hydroxylation is 1. The van der Waals surface area contributed by atoms with E-state index in [1.54, 1.807) is 11.9 Å². The molecule has 0 radical (unpaired) electrons. The van der Waals surface area contributed by atoms with Gasteiger partial charge in [-0.3, -0.25) is 14.4 Å². The molecule has 0 aromatic heterocycles. The Hall–Kier alpha value is -4.95. The highest BCUT2D eigenvalue weighted by molar-refractivity contribution is 5.93. The van der Waals surface area contributed by atoms with Crippen molar-refractivity contribution in [1.82, 2.24) is 20.9 Å². The van der Waals surface area contributed by atoms with Crippen LogP contribution in [0.15, 0.2) is 103 Å². The molecule has 8 heteroatoms. The van der Waals surface area contributed by atoms with E-state index in [9.17, 15) is 14.4 Å². The van der Waals surface area contributed by atoms with Gasteiger partial charge in [-0.2, -0.15) is 0 Å². The topological polar surface area (TPSA) is 99.8 Å². The lowest BCUT2D eigenvalue weighted by atomic mass is 9.87. The molecule has 242 valence electrons. The number of likely N-dealkylation sites (N-methyl/N-ethyl adjacent to an activating group) is 1. The Balaban J connectivity index is 1.22. The van der Waals surface area contributed by atoms with Crippen LogP contribution in [0.5, 0.6) is 5.75 Å². The Morgan fingerprint density at radius 3 is 2.30 bits per heavy atom. The van der Waals surface area contributed by atoms with E-state index in [0.717, 1.165) is 47.1 Å². The number of benzene rings is 4. The van der Waals surface area contributed by atoms with Crippen LogP contribution in [0.25, 0.3) is 0 Å². The number of hydrogen-bond donors (Lipinski definition) is 3. The number of ether oxygens (including phenoxy) is 1. The number of carbonyl (C=O) groups excluding carboxylic acids is 3. The Labute approximate surface area is 276 Å². The van der Waals surface area contributed by atoms with Crippen molar-refractivity contribution in [3.63, 3.8) is 0 Å². The summed E-state index contributed by atoms with van der Waals surface area (Å²) >= 11 is 0. The summed E-state index contributed by atoms with van der Waals surface area (Å²) in [5, 5.41) is 9.11. The molecule has 4 aromatic rings. The van der Waals surface area contributed by atoms with Crippen LogP contribution in [-0.4, -0.2) is 48.3 Å². The largest absolute Gasteiger partial charge is 0.489 e. The van der Waals surface area contributed by atoms with Crippen molar-refractivity contribution in [2.75, 3.05) is 13.6 Å². The van der Waals surface area contributed by atoms with Crippen LogP contribution >= 0.6 is 0 Å². The molecule has 2 aliphatic rings. The summed E-state index contributed by atoms with van der Waals surface area (Å²) in [5.74, 6) is -0.0217. The normalized spacial score (nSPS) is 17.5. The first-order valence-corrected chi connectivity index (χ1v) is 16.4. The van der Waals surface area contributed by atoms with E-state index in [1.165, 1.54) is 5.56 Å². The zero-order valence-electron chi connectivity index (χ0n) is 26.8. The van der Waals surface area contributed by atoms with Gasteiger partial charge in [-0.15, -0.1) is 0 Å². The van der Waals surface area contributed by atoms with Gasteiger partial charge in [0.15, 0.2) is 0 Å². The number of fused-ring (bicyclic) bond motifs is 2. The van der Waals surface area contributed by atoms with Gasteiger partial charge in [0.1, 0.15) is 24.4 Å². The fourth-order valence-corrected chi connectivity index (χ4v) is 6.67. The average molecular weight is 631 g/mol. The van der Waals surface area contributed by atoms with Gasteiger partial charge in [0, 0.05) is 19.4 Å². The molecule has 0 saturated carbocycles. The van der Waals surface area contributed by atoms with Crippen LogP contribution in [0, 0.1) is 0 Å². The van der Waals surface area contributed by atoms with Crippen LogP contribution in [0.4, 0.5) is 0 Å². The third-order valence-electron chi connectivity index (χ3n) is 9.10. The smallest absolute Gasteiger partial charge is 0.246 e. The molecule has 1 aliphatic carbocycles. The zero-order chi connectivity index (χ0) is 32.6. The van der Waals surface area contributed by atoms with Crippen molar-refractivity contribution in [2.45, 2.75) is 63.4 Å². The third kappa shape index (κ3) is 7.89. The standard InChI is InChI=1S/C39H42N4O4/c1-40-24-37(44)41-35(22-27-18-20-32(21-19-27)47-26-28-10-3-2-4-11-28)39(46)43-25-31-14-6-5-13-30(31)23-36(43)38(45)42-34-17-9-15-29-12-7-8-16-33(29)34/h2-8,10-14,16,18-21,34-36,40H,9,15,17,22-26H2,1H3,(H,41,44)(H,42,45)/t34-,35?,36?/m1/s1. The molecule has 2 unspecified atom stereocenters. The van der Waals surface area contributed by atoms with E-state index >= 15 is 0 Å². The Kier molecular flexibility index (Phi) is 10.3. The molecular formula is C39H42N4O4. The molecule has 8 nitrogen and oxygen atoms in total. The first kappa shape index (κ1) is 32.0.